The van der Waals surface area contributed by atoms with Crippen LogP contribution in [-0.4, -0.2) is 114 Å². The lowest BCUT2D eigenvalue weighted by Gasteiger charge is -2.46. The molecule has 10 heteroatoms. The summed E-state index contributed by atoms with van der Waals surface area (Å²) in [4.78, 5) is 45.7. The van der Waals surface area contributed by atoms with Crippen molar-refractivity contribution in [2.24, 2.45) is 0 Å². The van der Waals surface area contributed by atoms with Crippen LogP contribution in [-0.2, 0) is 14.3 Å². The van der Waals surface area contributed by atoms with Crippen molar-refractivity contribution in [3.8, 4) is 16.9 Å². The minimum absolute atomic E-state index is 0.0879. The topological polar surface area (TPSA) is 112 Å². The van der Waals surface area contributed by atoms with Gasteiger partial charge in [-0.2, -0.15) is 0 Å². The third-order valence-corrected chi connectivity index (χ3v) is 9.48. The third-order valence-electron chi connectivity index (χ3n) is 9.48. The predicted octanol–water partition coefficient (Wildman–Crippen LogP) is 2.30. The van der Waals surface area contributed by atoms with Crippen LogP contribution >= 0.6 is 0 Å². The molecule has 4 heterocycles. The van der Waals surface area contributed by atoms with E-state index in [-0.39, 0.29) is 36.4 Å². The number of carbonyl (C=O) groups is 3. The maximum Gasteiger partial charge on any atom is 0.258 e. The first kappa shape index (κ1) is 29.6. The van der Waals surface area contributed by atoms with Gasteiger partial charge in [0.05, 0.1) is 24.4 Å². The minimum Gasteiger partial charge on any atom is -0.493 e. The molecule has 0 aliphatic carbocycles. The number of nitrogens with zero attached hydrogens (tertiary/aromatic N) is 3. The molecular formula is C33H42N4O6. The standard InChI is InChI=1S/C33H42N4O6/c1-22(38)35-14-11-25(12-15-35)36-16-17-37-28(21-36)32(40)34-20-31-29(39)10-8-26(43-31)13-18-42-30-19-24(7-9-27(30)33(37)41)23-5-3-2-4-6-23/h2-7,9,19,25-26,28-29,31,39H,8,10-18,20-21H2,1H3,(H,34,40)/t26-,28-,29-,31+/m0/s1. The van der Waals surface area contributed by atoms with Gasteiger partial charge < -0.3 is 29.7 Å². The highest BCUT2D eigenvalue weighted by Crippen LogP contribution is 2.31. The fourth-order valence-electron chi connectivity index (χ4n) is 6.90. The monoisotopic (exact) mass is 590 g/mol. The lowest BCUT2D eigenvalue weighted by Crippen LogP contribution is -2.63. The van der Waals surface area contributed by atoms with E-state index in [9.17, 15) is 19.5 Å². The van der Waals surface area contributed by atoms with E-state index in [0.29, 0.717) is 69.9 Å². The molecular weight excluding hydrogens is 548 g/mol. The van der Waals surface area contributed by atoms with Crippen molar-refractivity contribution in [2.75, 3.05) is 45.9 Å². The summed E-state index contributed by atoms with van der Waals surface area (Å²) < 4.78 is 12.5. The number of rotatable bonds is 2. The Kier molecular flexibility index (Phi) is 8.97. The third kappa shape index (κ3) is 6.56. The Hall–Kier alpha value is -3.47. The van der Waals surface area contributed by atoms with Crippen molar-refractivity contribution >= 4 is 17.7 Å². The van der Waals surface area contributed by atoms with Crippen molar-refractivity contribution in [3.05, 3.63) is 54.1 Å². The van der Waals surface area contributed by atoms with E-state index in [1.54, 1.807) is 11.8 Å². The first-order chi connectivity index (χ1) is 20.9. The average Bonchev–Trinajstić information content (AvgIpc) is 3.04. The van der Waals surface area contributed by atoms with Gasteiger partial charge in [0.1, 0.15) is 17.9 Å². The largest absolute Gasteiger partial charge is 0.493 e. The summed E-state index contributed by atoms with van der Waals surface area (Å²) >= 11 is 0. The molecule has 0 aromatic heterocycles. The van der Waals surface area contributed by atoms with Crippen LogP contribution in [0.25, 0.3) is 11.1 Å². The molecule has 3 saturated heterocycles. The second kappa shape index (κ2) is 13.0. The van der Waals surface area contributed by atoms with Gasteiger partial charge in [-0.05, 0) is 48.9 Å². The number of hydrogen-bond acceptors (Lipinski definition) is 7. The summed E-state index contributed by atoms with van der Waals surface area (Å²) in [5.41, 5.74) is 2.41. The number of amides is 3. The molecule has 43 heavy (non-hydrogen) atoms. The molecule has 4 aliphatic heterocycles. The Morgan fingerprint density at radius 3 is 2.49 bits per heavy atom. The molecule has 3 amide bonds. The van der Waals surface area contributed by atoms with Crippen LogP contribution < -0.4 is 10.1 Å². The zero-order valence-corrected chi connectivity index (χ0v) is 24.8. The smallest absolute Gasteiger partial charge is 0.258 e. The van der Waals surface area contributed by atoms with Gasteiger partial charge in [0.2, 0.25) is 11.8 Å². The summed E-state index contributed by atoms with van der Waals surface area (Å²) in [7, 11) is 0. The van der Waals surface area contributed by atoms with E-state index in [2.05, 4.69) is 10.2 Å². The highest BCUT2D eigenvalue weighted by atomic mass is 16.5. The van der Waals surface area contributed by atoms with Crippen molar-refractivity contribution in [3.63, 3.8) is 0 Å². The van der Waals surface area contributed by atoms with Crippen molar-refractivity contribution < 1.29 is 29.0 Å². The van der Waals surface area contributed by atoms with Gasteiger partial charge in [0.15, 0.2) is 0 Å². The zero-order valence-electron chi connectivity index (χ0n) is 24.8. The number of carbonyl (C=O) groups excluding carboxylic acids is 3. The number of aliphatic hydroxyl groups is 1. The van der Waals surface area contributed by atoms with E-state index in [0.717, 1.165) is 24.0 Å². The average molecular weight is 591 g/mol. The fraction of sp³-hybridized carbons (Fsp3) is 0.545. The van der Waals surface area contributed by atoms with Crippen LogP contribution in [0, 0.1) is 0 Å². The van der Waals surface area contributed by atoms with E-state index < -0.39 is 18.2 Å². The van der Waals surface area contributed by atoms with Crippen LogP contribution in [0.15, 0.2) is 48.5 Å². The molecule has 6 rings (SSSR count). The van der Waals surface area contributed by atoms with Gasteiger partial charge in [-0.25, -0.2) is 0 Å². The summed E-state index contributed by atoms with van der Waals surface area (Å²) in [6.45, 7) is 4.99. The first-order valence-electron chi connectivity index (χ1n) is 15.6. The summed E-state index contributed by atoms with van der Waals surface area (Å²) in [6.07, 6.45) is 2.32. The summed E-state index contributed by atoms with van der Waals surface area (Å²) in [6, 6.07) is 15.2. The highest BCUT2D eigenvalue weighted by Gasteiger charge is 2.40. The molecule has 2 aromatic carbocycles. The van der Waals surface area contributed by atoms with Gasteiger partial charge in [-0.15, -0.1) is 0 Å². The van der Waals surface area contributed by atoms with Gasteiger partial charge in [0, 0.05) is 58.7 Å². The van der Waals surface area contributed by atoms with Gasteiger partial charge in [-0.1, -0.05) is 36.4 Å². The molecule has 2 aromatic rings. The van der Waals surface area contributed by atoms with Crippen LogP contribution in [0.2, 0.25) is 0 Å². The van der Waals surface area contributed by atoms with E-state index in [4.69, 9.17) is 9.47 Å². The van der Waals surface area contributed by atoms with Gasteiger partial charge in [-0.3, -0.25) is 19.3 Å². The van der Waals surface area contributed by atoms with Crippen molar-refractivity contribution in [1.29, 1.82) is 0 Å². The summed E-state index contributed by atoms with van der Waals surface area (Å²) in [5, 5.41) is 13.6. The molecule has 0 unspecified atom stereocenters. The Bertz CT molecular complexity index is 1310. The van der Waals surface area contributed by atoms with E-state index >= 15 is 0 Å². The maximum atomic E-state index is 14.2. The van der Waals surface area contributed by atoms with Crippen LogP contribution in [0.4, 0.5) is 0 Å². The van der Waals surface area contributed by atoms with Crippen LogP contribution in [0.3, 0.4) is 0 Å². The Balaban J connectivity index is 1.29. The number of ether oxygens (including phenoxy) is 2. The number of piperidine rings is 1. The molecule has 0 saturated carbocycles. The van der Waals surface area contributed by atoms with Crippen LogP contribution in [0.1, 0.15) is 49.4 Å². The number of piperazine rings is 1. The minimum atomic E-state index is -0.715. The maximum absolute atomic E-state index is 14.2. The number of hydrogen-bond donors (Lipinski definition) is 2. The Morgan fingerprint density at radius 2 is 1.72 bits per heavy atom. The molecule has 230 valence electrons. The quantitative estimate of drug-likeness (QED) is 0.552. The van der Waals surface area contributed by atoms with Gasteiger partial charge >= 0.3 is 0 Å². The molecule has 2 N–H and O–H groups in total. The fourth-order valence-corrected chi connectivity index (χ4v) is 6.90. The van der Waals surface area contributed by atoms with E-state index in [1.165, 1.54) is 0 Å². The SMILES string of the molecule is CC(=O)N1CCC(N2CCN3C(=O)c4ccc(-c5ccccc5)cc4OCC[C@@H]4CC[C@H](O)[C@@H](CNC(=O)[C@@H]3C2)O4)CC1. The molecule has 4 atom stereocenters. The second-order valence-electron chi connectivity index (χ2n) is 12.1. The molecule has 4 aliphatic rings. The number of likely N-dealkylation sites (tertiary alicyclic amines) is 1. The normalized spacial score (nSPS) is 27.8. The number of aliphatic hydroxyl groups excluding tert-OH is 1. The second-order valence-corrected chi connectivity index (χ2v) is 12.1. The molecule has 2 bridgehead atoms. The van der Waals surface area contributed by atoms with Crippen molar-refractivity contribution in [1.82, 2.24) is 20.0 Å². The van der Waals surface area contributed by atoms with Gasteiger partial charge in [0.25, 0.3) is 5.91 Å². The van der Waals surface area contributed by atoms with Crippen LogP contribution in [0.5, 0.6) is 5.75 Å². The molecule has 3 fully saturated rings. The number of nitrogens with one attached hydrogen (secondary N) is 1. The van der Waals surface area contributed by atoms with E-state index in [1.807, 2.05) is 53.4 Å². The number of benzene rings is 2. The Labute approximate surface area is 252 Å². The Morgan fingerprint density at radius 1 is 0.930 bits per heavy atom. The molecule has 0 radical (unpaired) electrons. The predicted molar refractivity (Wildman–Crippen MR) is 161 cm³/mol. The molecule has 0 spiro atoms. The highest BCUT2D eigenvalue weighted by molar-refractivity contribution is 6.00. The summed E-state index contributed by atoms with van der Waals surface area (Å²) in [5.74, 6) is 0.103. The van der Waals surface area contributed by atoms with Crippen molar-refractivity contribution in [2.45, 2.75) is 69.4 Å². The lowest BCUT2D eigenvalue weighted by molar-refractivity contribution is -0.136. The molecule has 10 nitrogen and oxygen atoms in total. The lowest BCUT2D eigenvalue weighted by atomic mass is 9.97. The first-order valence-corrected chi connectivity index (χ1v) is 15.6. The zero-order chi connectivity index (χ0) is 29.9. The number of fused-ring (bicyclic) bond motifs is 4.